The quantitative estimate of drug-likeness (QED) is 0.513. The number of rotatable bonds is 5. The zero-order valence-corrected chi connectivity index (χ0v) is 16.1. The highest BCUT2D eigenvalue weighted by Gasteiger charge is 2.38. The van der Waals surface area contributed by atoms with Gasteiger partial charge >= 0.3 is 12.0 Å². The van der Waals surface area contributed by atoms with Crippen LogP contribution in [0.1, 0.15) is 21.7 Å². The normalized spacial score (nSPS) is 15.3. The zero-order chi connectivity index (χ0) is 21.3. The van der Waals surface area contributed by atoms with Crippen LogP contribution in [0.3, 0.4) is 0 Å². The highest BCUT2D eigenvalue weighted by molar-refractivity contribution is 6.13. The molecule has 0 spiro atoms. The van der Waals surface area contributed by atoms with Crippen molar-refractivity contribution in [3.63, 3.8) is 0 Å². The van der Waals surface area contributed by atoms with Crippen molar-refractivity contribution in [1.82, 2.24) is 9.80 Å². The van der Waals surface area contributed by atoms with Gasteiger partial charge < -0.3 is 9.52 Å². The van der Waals surface area contributed by atoms with Crippen LogP contribution in [0, 0.1) is 0 Å². The van der Waals surface area contributed by atoms with E-state index in [4.69, 9.17) is 9.52 Å². The van der Waals surface area contributed by atoms with Crippen molar-refractivity contribution in [2.24, 2.45) is 0 Å². The van der Waals surface area contributed by atoms with Crippen LogP contribution in [-0.4, -0.2) is 39.9 Å². The molecule has 30 heavy (non-hydrogen) atoms. The minimum absolute atomic E-state index is 0.183. The van der Waals surface area contributed by atoms with E-state index in [1.165, 1.54) is 28.0 Å². The van der Waals surface area contributed by atoms with Crippen molar-refractivity contribution < 1.29 is 23.9 Å². The molecule has 0 atom stereocenters. The van der Waals surface area contributed by atoms with Crippen LogP contribution < -0.4 is 0 Å². The molecule has 0 radical (unpaired) electrons. The fourth-order valence-corrected chi connectivity index (χ4v) is 3.21. The lowest BCUT2D eigenvalue weighted by molar-refractivity contribution is -0.123. The Labute approximate surface area is 172 Å². The number of amides is 3. The first-order chi connectivity index (χ1) is 14.4. The Bertz CT molecular complexity index is 1150. The highest BCUT2D eigenvalue weighted by atomic mass is 16.4. The van der Waals surface area contributed by atoms with Gasteiger partial charge in [-0.3, -0.25) is 14.6 Å². The van der Waals surface area contributed by atoms with Crippen LogP contribution in [0.4, 0.5) is 4.79 Å². The van der Waals surface area contributed by atoms with Crippen molar-refractivity contribution in [2.75, 3.05) is 7.05 Å². The molecule has 3 amide bonds. The number of carbonyl (C=O) groups excluding carboxylic acids is 2. The van der Waals surface area contributed by atoms with Gasteiger partial charge in [0.15, 0.2) is 0 Å². The van der Waals surface area contributed by atoms with Gasteiger partial charge in [-0.2, -0.15) is 0 Å². The zero-order valence-electron chi connectivity index (χ0n) is 16.1. The summed E-state index contributed by atoms with van der Waals surface area (Å²) in [5.74, 6) is -0.453. The molecule has 1 aromatic heterocycles. The number of likely N-dealkylation sites (N-methyl/N-ethyl adjacent to an activating group) is 1. The monoisotopic (exact) mass is 402 g/mol. The molecule has 1 N–H and O–H groups in total. The molecule has 1 fully saturated rings. The Hall–Kier alpha value is -4.13. The lowest BCUT2D eigenvalue weighted by atomic mass is 10.1. The smallest absolute Gasteiger partial charge is 0.335 e. The van der Waals surface area contributed by atoms with Gasteiger partial charge in [0, 0.05) is 18.7 Å². The molecule has 2 heterocycles. The molecule has 0 saturated carbocycles. The Kier molecular flexibility index (Phi) is 4.93. The summed E-state index contributed by atoms with van der Waals surface area (Å²) in [4.78, 5) is 38.8. The molecule has 1 saturated heterocycles. The van der Waals surface area contributed by atoms with Crippen LogP contribution in [0.25, 0.3) is 17.4 Å². The largest absolute Gasteiger partial charge is 0.478 e. The lowest BCUT2D eigenvalue weighted by Crippen LogP contribution is -2.30. The number of nitrogens with zero attached hydrogens (tertiary/aromatic N) is 2. The topological polar surface area (TPSA) is 91.1 Å². The van der Waals surface area contributed by atoms with E-state index in [-0.39, 0.29) is 17.8 Å². The van der Waals surface area contributed by atoms with Crippen molar-refractivity contribution >= 4 is 24.0 Å². The Morgan fingerprint density at radius 3 is 2.37 bits per heavy atom. The van der Waals surface area contributed by atoms with Crippen LogP contribution in [0.2, 0.25) is 0 Å². The van der Waals surface area contributed by atoms with Crippen molar-refractivity contribution in [3.05, 3.63) is 89.3 Å². The van der Waals surface area contributed by atoms with Gasteiger partial charge in [0.2, 0.25) is 0 Å². The number of hydrogen-bond acceptors (Lipinski definition) is 4. The second kappa shape index (κ2) is 7.71. The van der Waals surface area contributed by atoms with Crippen LogP contribution in [-0.2, 0) is 11.3 Å². The van der Waals surface area contributed by atoms with Crippen LogP contribution in [0.15, 0.2) is 76.8 Å². The predicted molar refractivity (Wildman–Crippen MR) is 109 cm³/mol. The van der Waals surface area contributed by atoms with Gasteiger partial charge in [0.1, 0.15) is 17.2 Å². The van der Waals surface area contributed by atoms with E-state index in [0.717, 1.165) is 5.56 Å². The number of furan rings is 1. The van der Waals surface area contributed by atoms with Gasteiger partial charge in [0.25, 0.3) is 5.91 Å². The molecule has 2 aromatic carbocycles. The fraction of sp³-hybridized carbons (Fsp3) is 0.0870. The minimum Gasteiger partial charge on any atom is -0.478 e. The first kappa shape index (κ1) is 19.2. The summed E-state index contributed by atoms with van der Waals surface area (Å²) in [5, 5.41) is 9.00. The molecule has 150 valence electrons. The number of urea groups is 1. The van der Waals surface area contributed by atoms with Gasteiger partial charge in [0.05, 0.1) is 12.1 Å². The number of hydrogen-bond donors (Lipinski definition) is 1. The van der Waals surface area contributed by atoms with E-state index >= 15 is 0 Å². The Morgan fingerprint density at radius 2 is 1.70 bits per heavy atom. The van der Waals surface area contributed by atoms with Crippen molar-refractivity contribution in [2.45, 2.75) is 6.54 Å². The first-order valence-corrected chi connectivity index (χ1v) is 9.23. The first-order valence-electron chi connectivity index (χ1n) is 9.23. The van der Waals surface area contributed by atoms with Crippen LogP contribution in [0.5, 0.6) is 0 Å². The summed E-state index contributed by atoms with van der Waals surface area (Å²) < 4.78 is 5.78. The SMILES string of the molecule is CN1C(=O)N(Cc2ccccc2)C(=O)C1=Cc1ccc(-c2ccc(C(=O)O)cc2)o1. The molecule has 3 aromatic rings. The molecule has 0 bridgehead atoms. The lowest BCUT2D eigenvalue weighted by Gasteiger charge is -2.13. The van der Waals surface area contributed by atoms with E-state index < -0.39 is 17.9 Å². The summed E-state index contributed by atoms with van der Waals surface area (Å²) in [6, 6.07) is 18.6. The second-order valence-electron chi connectivity index (χ2n) is 6.83. The average molecular weight is 402 g/mol. The molecule has 1 aliphatic heterocycles. The van der Waals surface area contributed by atoms with E-state index in [1.807, 2.05) is 30.3 Å². The fourth-order valence-electron chi connectivity index (χ4n) is 3.21. The maximum Gasteiger partial charge on any atom is 0.335 e. The highest BCUT2D eigenvalue weighted by Crippen LogP contribution is 2.27. The number of benzene rings is 2. The number of carboxylic acid groups (broad SMARTS) is 1. The maximum absolute atomic E-state index is 12.8. The maximum atomic E-state index is 12.8. The summed E-state index contributed by atoms with van der Waals surface area (Å²) in [5.41, 5.74) is 1.97. The van der Waals surface area contributed by atoms with Gasteiger partial charge in [-0.25, -0.2) is 9.59 Å². The number of carbonyl (C=O) groups is 3. The third kappa shape index (κ3) is 3.60. The average Bonchev–Trinajstić information content (AvgIpc) is 3.30. The van der Waals surface area contributed by atoms with Gasteiger partial charge in [-0.1, -0.05) is 42.5 Å². The van der Waals surface area contributed by atoms with Crippen molar-refractivity contribution in [3.8, 4) is 11.3 Å². The third-order valence-electron chi connectivity index (χ3n) is 4.85. The second-order valence-corrected chi connectivity index (χ2v) is 6.83. The summed E-state index contributed by atoms with van der Waals surface area (Å²) >= 11 is 0. The number of carboxylic acids is 1. The molecule has 0 unspecified atom stereocenters. The van der Waals surface area contributed by atoms with E-state index in [2.05, 4.69) is 0 Å². The molecule has 7 heteroatoms. The summed E-state index contributed by atoms with van der Waals surface area (Å²) in [6.45, 7) is 0.194. The molecule has 7 nitrogen and oxygen atoms in total. The van der Waals surface area contributed by atoms with Crippen LogP contribution >= 0.6 is 0 Å². The summed E-state index contributed by atoms with van der Waals surface area (Å²) in [7, 11) is 1.55. The molecular formula is C23H18N2O5. The minimum atomic E-state index is -1.00. The third-order valence-corrected chi connectivity index (χ3v) is 4.85. The van der Waals surface area contributed by atoms with Gasteiger partial charge in [-0.15, -0.1) is 0 Å². The number of aromatic carboxylic acids is 1. The van der Waals surface area contributed by atoms with E-state index in [9.17, 15) is 14.4 Å². The molecular weight excluding hydrogens is 384 g/mol. The van der Waals surface area contributed by atoms with E-state index in [1.54, 1.807) is 31.3 Å². The van der Waals surface area contributed by atoms with Crippen molar-refractivity contribution in [1.29, 1.82) is 0 Å². The summed E-state index contributed by atoms with van der Waals surface area (Å²) in [6.07, 6.45) is 1.53. The van der Waals surface area contributed by atoms with Gasteiger partial charge in [-0.05, 0) is 29.8 Å². The van der Waals surface area contributed by atoms with E-state index in [0.29, 0.717) is 17.1 Å². The molecule has 4 rings (SSSR count). The molecule has 1 aliphatic rings. The Balaban J connectivity index is 1.56. The standard InChI is InChI=1S/C23H18N2O5/c1-24-19(21(26)25(23(24)29)14-15-5-3-2-4-6-15)13-18-11-12-20(30-18)16-7-9-17(10-8-16)22(27)28/h2-13H,14H2,1H3,(H,27,28). The number of imide groups is 1. The Morgan fingerprint density at radius 1 is 1.00 bits per heavy atom. The predicted octanol–water partition coefficient (Wildman–Crippen LogP) is 4.08. The molecule has 0 aliphatic carbocycles.